The Labute approximate surface area is 124 Å². The van der Waals surface area contributed by atoms with Crippen LogP contribution in [0.2, 0.25) is 0 Å². The lowest BCUT2D eigenvalue weighted by Gasteiger charge is -2.39. The topological polar surface area (TPSA) is 133 Å². The maximum atomic E-state index is 10.9. The SMILES string of the molecule is O=[N+]([O-])c1ccccc1S[C@@H]1O[C@H](CO)[C@@H](O)[C@H](O)[C@@H]1O. The van der Waals surface area contributed by atoms with Gasteiger partial charge in [0.25, 0.3) is 5.69 Å². The van der Waals surface area contributed by atoms with Crippen molar-refractivity contribution in [2.24, 2.45) is 0 Å². The summed E-state index contributed by atoms with van der Waals surface area (Å²) in [5.74, 6) is 0. The Kier molecular flexibility index (Phi) is 5.14. The van der Waals surface area contributed by atoms with Crippen molar-refractivity contribution in [1.82, 2.24) is 0 Å². The molecule has 116 valence electrons. The van der Waals surface area contributed by atoms with Gasteiger partial charge in [-0.15, -0.1) is 0 Å². The first-order chi connectivity index (χ1) is 9.95. The largest absolute Gasteiger partial charge is 0.394 e. The zero-order valence-corrected chi connectivity index (χ0v) is 11.6. The molecule has 1 aromatic rings. The van der Waals surface area contributed by atoms with E-state index in [1.54, 1.807) is 6.07 Å². The number of thioether (sulfide) groups is 1. The van der Waals surface area contributed by atoms with Crippen LogP contribution in [0.15, 0.2) is 29.2 Å². The van der Waals surface area contributed by atoms with Gasteiger partial charge in [-0.05, 0) is 6.07 Å². The Balaban J connectivity index is 2.20. The summed E-state index contributed by atoms with van der Waals surface area (Å²) in [6.45, 7) is -0.543. The lowest BCUT2D eigenvalue weighted by atomic mass is 10.0. The van der Waals surface area contributed by atoms with Crippen LogP contribution in [0.4, 0.5) is 5.69 Å². The third-order valence-electron chi connectivity index (χ3n) is 3.15. The van der Waals surface area contributed by atoms with Crippen LogP contribution in [0, 0.1) is 10.1 Å². The van der Waals surface area contributed by atoms with Gasteiger partial charge in [0, 0.05) is 6.07 Å². The number of para-hydroxylation sites is 1. The predicted molar refractivity (Wildman–Crippen MR) is 72.7 cm³/mol. The van der Waals surface area contributed by atoms with E-state index in [-0.39, 0.29) is 10.6 Å². The van der Waals surface area contributed by atoms with Crippen molar-refractivity contribution in [1.29, 1.82) is 0 Å². The van der Waals surface area contributed by atoms with Crippen molar-refractivity contribution in [3.8, 4) is 0 Å². The van der Waals surface area contributed by atoms with Crippen LogP contribution >= 0.6 is 11.8 Å². The summed E-state index contributed by atoms with van der Waals surface area (Å²) in [6.07, 6.45) is -5.43. The van der Waals surface area contributed by atoms with Crippen molar-refractivity contribution >= 4 is 17.4 Å². The van der Waals surface area contributed by atoms with E-state index in [1.165, 1.54) is 18.2 Å². The zero-order chi connectivity index (χ0) is 15.6. The molecule has 1 heterocycles. The van der Waals surface area contributed by atoms with E-state index < -0.39 is 41.4 Å². The molecule has 9 heteroatoms. The van der Waals surface area contributed by atoms with E-state index in [1.807, 2.05) is 0 Å². The molecule has 0 aromatic heterocycles. The fourth-order valence-electron chi connectivity index (χ4n) is 2.00. The molecule has 2 rings (SSSR count). The van der Waals surface area contributed by atoms with Crippen molar-refractivity contribution in [3.63, 3.8) is 0 Å². The smallest absolute Gasteiger partial charge is 0.282 e. The molecule has 0 aliphatic carbocycles. The number of aliphatic hydroxyl groups is 4. The molecule has 1 fully saturated rings. The standard InChI is InChI=1S/C12H15NO7S/c14-5-7-9(15)10(16)11(17)12(20-7)21-8-4-2-1-3-6(8)13(18)19/h1-4,7,9-12,14-17H,5H2/t7-,9-,10+,11+,12+/m1/s1. The average molecular weight is 317 g/mol. The Morgan fingerprint density at radius 3 is 2.48 bits per heavy atom. The van der Waals surface area contributed by atoms with Crippen molar-refractivity contribution in [2.45, 2.75) is 34.7 Å². The second-order valence-corrected chi connectivity index (χ2v) is 5.68. The van der Waals surface area contributed by atoms with E-state index in [4.69, 9.17) is 9.84 Å². The summed E-state index contributed by atoms with van der Waals surface area (Å²) in [4.78, 5) is 10.6. The van der Waals surface area contributed by atoms with Crippen LogP contribution in [0.5, 0.6) is 0 Å². The second kappa shape index (κ2) is 6.69. The highest BCUT2D eigenvalue weighted by atomic mass is 32.2. The molecule has 1 aliphatic rings. The number of aliphatic hydroxyl groups excluding tert-OH is 4. The molecule has 1 aromatic carbocycles. The van der Waals surface area contributed by atoms with Gasteiger partial charge in [0.2, 0.25) is 0 Å². The molecule has 1 saturated heterocycles. The molecule has 0 unspecified atom stereocenters. The predicted octanol–water partition coefficient (Wildman–Crippen LogP) is -0.513. The fourth-order valence-corrected chi connectivity index (χ4v) is 3.17. The number of nitro groups is 1. The second-order valence-electron chi connectivity index (χ2n) is 4.54. The van der Waals surface area contributed by atoms with Gasteiger partial charge in [-0.25, -0.2) is 0 Å². The minimum absolute atomic E-state index is 0.153. The van der Waals surface area contributed by atoms with Crippen molar-refractivity contribution < 1.29 is 30.1 Å². The van der Waals surface area contributed by atoms with Crippen LogP contribution in [-0.4, -0.2) is 61.8 Å². The Morgan fingerprint density at radius 2 is 1.86 bits per heavy atom. The number of hydrogen-bond donors (Lipinski definition) is 4. The highest BCUT2D eigenvalue weighted by Crippen LogP contribution is 2.37. The number of rotatable bonds is 4. The van der Waals surface area contributed by atoms with Gasteiger partial charge >= 0.3 is 0 Å². The molecule has 1 aliphatic heterocycles. The third kappa shape index (κ3) is 3.34. The highest BCUT2D eigenvalue weighted by molar-refractivity contribution is 8.00. The van der Waals surface area contributed by atoms with Gasteiger partial charge in [0.05, 0.1) is 16.4 Å². The number of nitrogens with zero attached hydrogens (tertiary/aromatic N) is 1. The van der Waals surface area contributed by atoms with Crippen LogP contribution in [0.25, 0.3) is 0 Å². The fraction of sp³-hybridized carbons (Fsp3) is 0.500. The maximum Gasteiger partial charge on any atom is 0.282 e. The van der Waals surface area contributed by atoms with Crippen molar-refractivity contribution in [3.05, 3.63) is 34.4 Å². The summed E-state index contributed by atoms with van der Waals surface area (Å²) >= 11 is 0.856. The summed E-state index contributed by atoms with van der Waals surface area (Å²) in [7, 11) is 0. The minimum Gasteiger partial charge on any atom is -0.394 e. The molecule has 0 amide bonds. The van der Waals surface area contributed by atoms with Crippen molar-refractivity contribution in [2.75, 3.05) is 6.61 Å². The van der Waals surface area contributed by atoms with Gasteiger partial charge in [-0.3, -0.25) is 10.1 Å². The molecular formula is C12H15NO7S. The van der Waals surface area contributed by atoms with E-state index in [2.05, 4.69) is 0 Å². The van der Waals surface area contributed by atoms with Gasteiger partial charge in [0.1, 0.15) is 29.9 Å². The Morgan fingerprint density at radius 1 is 1.19 bits per heavy atom. The summed E-state index contributed by atoms with van der Waals surface area (Å²) in [5.41, 5.74) is -1.19. The first kappa shape index (κ1) is 16.1. The lowest BCUT2D eigenvalue weighted by Crippen LogP contribution is -2.57. The molecule has 0 saturated carbocycles. The molecule has 21 heavy (non-hydrogen) atoms. The highest BCUT2D eigenvalue weighted by Gasteiger charge is 2.44. The molecule has 0 spiro atoms. The lowest BCUT2D eigenvalue weighted by molar-refractivity contribution is -0.387. The van der Waals surface area contributed by atoms with E-state index in [9.17, 15) is 25.4 Å². The normalized spacial score (nSPS) is 32.9. The van der Waals surface area contributed by atoms with Gasteiger partial charge in [0.15, 0.2) is 0 Å². The third-order valence-corrected chi connectivity index (χ3v) is 4.37. The molecule has 0 radical (unpaired) electrons. The van der Waals surface area contributed by atoms with E-state index in [0.29, 0.717) is 0 Å². The van der Waals surface area contributed by atoms with Crippen LogP contribution in [0.1, 0.15) is 0 Å². The average Bonchev–Trinajstić information content (AvgIpc) is 2.48. The first-order valence-corrected chi connectivity index (χ1v) is 7.04. The van der Waals surface area contributed by atoms with Gasteiger partial charge in [-0.2, -0.15) is 0 Å². The molecule has 8 nitrogen and oxygen atoms in total. The summed E-state index contributed by atoms with van der Waals surface area (Å²) < 4.78 is 5.30. The van der Waals surface area contributed by atoms with E-state index >= 15 is 0 Å². The van der Waals surface area contributed by atoms with Gasteiger partial charge in [-0.1, -0.05) is 23.9 Å². The maximum absolute atomic E-state index is 10.9. The number of nitro benzene ring substituents is 1. The number of ether oxygens (including phenoxy) is 1. The minimum atomic E-state index is -1.50. The Hall–Kier alpha value is -1.23. The zero-order valence-electron chi connectivity index (χ0n) is 10.8. The molecule has 5 atom stereocenters. The van der Waals surface area contributed by atoms with Crippen LogP contribution < -0.4 is 0 Å². The quantitative estimate of drug-likeness (QED) is 0.431. The van der Waals surface area contributed by atoms with Crippen LogP contribution in [-0.2, 0) is 4.74 Å². The molecule has 4 N–H and O–H groups in total. The number of benzene rings is 1. The number of hydrogen-bond acceptors (Lipinski definition) is 8. The van der Waals surface area contributed by atoms with E-state index in [0.717, 1.165) is 11.8 Å². The molecule has 0 bridgehead atoms. The first-order valence-electron chi connectivity index (χ1n) is 6.16. The Bertz CT molecular complexity index is 512. The summed E-state index contributed by atoms with van der Waals surface area (Å²) in [5, 5.41) is 49.3. The monoisotopic (exact) mass is 317 g/mol. The summed E-state index contributed by atoms with van der Waals surface area (Å²) in [6, 6.07) is 5.91. The molecular weight excluding hydrogens is 302 g/mol. The van der Waals surface area contributed by atoms with Gasteiger partial charge < -0.3 is 25.2 Å². The van der Waals surface area contributed by atoms with Crippen LogP contribution in [0.3, 0.4) is 0 Å².